The maximum Gasteiger partial charge on any atom is 0.234 e. The monoisotopic (exact) mass is 289 g/mol. The van der Waals surface area contributed by atoms with Crippen LogP contribution in [0.1, 0.15) is 30.9 Å². The van der Waals surface area contributed by atoms with Crippen molar-refractivity contribution in [1.29, 1.82) is 0 Å². The van der Waals surface area contributed by atoms with Gasteiger partial charge >= 0.3 is 0 Å². The summed E-state index contributed by atoms with van der Waals surface area (Å²) in [5, 5.41) is 6.40. The Hall–Kier alpha value is -1.39. The maximum absolute atomic E-state index is 12.1. The van der Waals surface area contributed by atoms with Crippen LogP contribution < -0.4 is 10.6 Å². The Morgan fingerprint density at radius 3 is 2.57 bits per heavy atom. The van der Waals surface area contributed by atoms with Gasteiger partial charge in [0.1, 0.15) is 0 Å². The lowest BCUT2D eigenvalue weighted by Crippen LogP contribution is -2.47. The van der Waals surface area contributed by atoms with Crippen LogP contribution in [-0.4, -0.2) is 43.0 Å². The molecular weight excluding hydrogens is 262 g/mol. The lowest BCUT2D eigenvalue weighted by atomic mass is 10.0. The summed E-state index contributed by atoms with van der Waals surface area (Å²) in [6.45, 7) is 8.38. The van der Waals surface area contributed by atoms with Gasteiger partial charge in [-0.2, -0.15) is 0 Å². The van der Waals surface area contributed by atoms with Crippen molar-refractivity contribution in [3.8, 4) is 0 Å². The Morgan fingerprint density at radius 1 is 1.29 bits per heavy atom. The minimum absolute atomic E-state index is 0.121. The zero-order valence-corrected chi connectivity index (χ0v) is 13.2. The van der Waals surface area contributed by atoms with Gasteiger partial charge in [-0.05, 0) is 45.0 Å². The second-order valence-electron chi connectivity index (χ2n) is 5.81. The number of rotatable bonds is 6. The van der Waals surface area contributed by atoms with E-state index in [2.05, 4.69) is 53.6 Å². The van der Waals surface area contributed by atoms with Crippen molar-refractivity contribution in [2.75, 3.05) is 26.2 Å². The number of hydrogen-bond donors (Lipinski definition) is 2. The largest absolute Gasteiger partial charge is 0.351 e. The third-order valence-corrected chi connectivity index (χ3v) is 4.19. The third-order valence-electron chi connectivity index (χ3n) is 4.19. The topological polar surface area (TPSA) is 44.4 Å². The molecule has 0 saturated carbocycles. The fourth-order valence-corrected chi connectivity index (χ4v) is 2.82. The number of amides is 1. The summed E-state index contributed by atoms with van der Waals surface area (Å²) >= 11 is 0. The van der Waals surface area contributed by atoms with Crippen LogP contribution >= 0.6 is 0 Å². The number of hydrogen-bond acceptors (Lipinski definition) is 3. The van der Waals surface area contributed by atoms with Crippen LogP contribution in [0.4, 0.5) is 0 Å². The van der Waals surface area contributed by atoms with E-state index in [1.807, 2.05) is 0 Å². The average molecular weight is 289 g/mol. The molecule has 0 atom stereocenters. The molecule has 4 heteroatoms. The Labute approximate surface area is 127 Å². The lowest BCUT2D eigenvalue weighted by molar-refractivity contribution is -0.123. The number of carbonyl (C=O) groups is 1. The fraction of sp³-hybridized carbons (Fsp3) is 0.588. The van der Waals surface area contributed by atoms with Gasteiger partial charge in [0.2, 0.25) is 5.91 Å². The van der Waals surface area contributed by atoms with Crippen LogP contribution in [0.2, 0.25) is 0 Å². The van der Waals surface area contributed by atoms with E-state index in [1.165, 1.54) is 5.56 Å². The number of piperidine rings is 1. The smallest absolute Gasteiger partial charge is 0.234 e. The maximum atomic E-state index is 12.1. The van der Waals surface area contributed by atoms with Gasteiger partial charge in [-0.1, -0.05) is 36.8 Å². The summed E-state index contributed by atoms with van der Waals surface area (Å²) in [4.78, 5) is 14.4. The molecule has 1 amide bonds. The molecular formula is C17H27N3O. The third kappa shape index (κ3) is 5.14. The molecule has 2 rings (SSSR count). The van der Waals surface area contributed by atoms with Crippen LogP contribution in [0, 0.1) is 6.92 Å². The van der Waals surface area contributed by atoms with E-state index >= 15 is 0 Å². The molecule has 1 aromatic rings. The standard InChI is InChI=1S/C17H27N3O/c1-3-20(16-8-10-18-11-9-16)13-17(21)19-12-15-6-4-14(2)5-7-15/h4-7,16,18H,3,8-13H2,1-2H3,(H,19,21). The number of benzene rings is 1. The van der Waals surface area contributed by atoms with Gasteiger partial charge in [0.15, 0.2) is 0 Å². The van der Waals surface area contributed by atoms with Gasteiger partial charge in [-0.15, -0.1) is 0 Å². The number of likely N-dealkylation sites (N-methyl/N-ethyl adjacent to an activating group) is 1. The van der Waals surface area contributed by atoms with E-state index in [-0.39, 0.29) is 5.91 Å². The molecule has 1 aliphatic rings. The van der Waals surface area contributed by atoms with Crippen molar-refractivity contribution in [1.82, 2.24) is 15.5 Å². The molecule has 0 bridgehead atoms. The molecule has 1 saturated heterocycles. The molecule has 1 aliphatic heterocycles. The number of aryl methyl sites for hydroxylation is 1. The van der Waals surface area contributed by atoms with Gasteiger partial charge in [0.05, 0.1) is 6.54 Å². The molecule has 2 N–H and O–H groups in total. The van der Waals surface area contributed by atoms with E-state index in [9.17, 15) is 4.79 Å². The molecule has 4 nitrogen and oxygen atoms in total. The highest BCUT2D eigenvalue weighted by molar-refractivity contribution is 5.78. The van der Waals surface area contributed by atoms with E-state index in [1.54, 1.807) is 0 Å². The summed E-state index contributed by atoms with van der Waals surface area (Å²) in [6, 6.07) is 8.84. The minimum atomic E-state index is 0.121. The summed E-state index contributed by atoms with van der Waals surface area (Å²) in [5.41, 5.74) is 2.40. The highest BCUT2D eigenvalue weighted by Gasteiger charge is 2.21. The van der Waals surface area contributed by atoms with Crippen LogP contribution in [0.25, 0.3) is 0 Å². The Kier molecular flexibility index (Phi) is 6.21. The van der Waals surface area contributed by atoms with Gasteiger partial charge in [0.25, 0.3) is 0 Å². The highest BCUT2D eigenvalue weighted by atomic mass is 16.2. The Balaban J connectivity index is 1.78. The average Bonchev–Trinajstić information content (AvgIpc) is 2.53. The number of nitrogens with one attached hydrogen (secondary N) is 2. The Bertz CT molecular complexity index is 438. The molecule has 0 unspecified atom stereocenters. The predicted molar refractivity (Wildman–Crippen MR) is 86.2 cm³/mol. The van der Waals surface area contributed by atoms with Gasteiger partial charge in [-0.3, -0.25) is 9.69 Å². The second kappa shape index (κ2) is 8.15. The minimum Gasteiger partial charge on any atom is -0.351 e. The first kappa shape index (κ1) is 16.0. The summed E-state index contributed by atoms with van der Waals surface area (Å²) in [5.74, 6) is 0.121. The molecule has 21 heavy (non-hydrogen) atoms. The van der Waals surface area contributed by atoms with Crippen LogP contribution in [0.3, 0.4) is 0 Å². The number of nitrogens with zero attached hydrogens (tertiary/aromatic N) is 1. The highest BCUT2D eigenvalue weighted by Crippen LogP contribution is 2.11. The molecule has 0 spiro atoms. The van der Waals surface area contributed by atoms with E-state index in [0.717, 1.165) is 38.0 Å². The van der Waals surface area contributed by atoms with Gasteiger partial charge in [-0.25, -0.2) is 0 Å². The van der Waals surface area contributed by atoms with Crippen LogP contribution in [-0.2, 0) is 11.3 Å². The van der Waals surface area contributed by atoms with Gasteiger partial charge < -0.3 is 10.6 Å². The summed E-state index contributed by atoms with van der Waals surface area (Å²) in [6.07, 6.45) is 2.28. The normalized spacial score (nSPS) is 16.1. The molecule has 1 aromatic carbocycles. The van der Waals surface area contributed by atoms with Crippen molar-refractivity contribution in [2.45, 2.75) is 39.3 Å². The van der Waals surface area contributed by atoms with Crippen LogP contribution in [0.15, 0.2) is 24.3 Å². The van der Waals surface area contributed by atoms with Gasteiger partial charge in [0, 0.05) is 12.6 Å². The van der Waals surface area contributed by atoms with E-state index in [0.29, 0.717) is 19.1 Å². The zero-order chi connectivity index (χ0) is 15.1. The first-order valence-corrected chi connectivity index (χ1v) is 7.96. The van der Waals surface area contributed by atoms with Crippen molar-refractivity contribution < 1.29 is 4.79 Å². The van der Waals surface area contributed by atoms with Crippen LogP contribution in [0.5, 0.6) is 0 Å². The quantitative estimate of drug-likeness (QED) is 0.837. The van der Waals surface area contributed by atoms with E-state index < -0.39 is 0 Å². The van der Waals surface area contributed by atoms with E-state index in [4.69, 9.17) is 0 Å². The predicted octanol–water partition coefficient (Wildman–Crippen LogP) is 1.69. The zero-order valence-electron chi connectivity index (χ0n) is 13.2. The molecule has 1 heterocycles. The Morgan fingerprint density at radius 2 is 1.95 bits per heavy atom. The number of carbonyl (C=O) groups excluding carboxylic acids is 1. The van der Waals surface area contributed by atoms with Crippen molar-refractivity contribution in [2.24, 2.45) is 0 Å². The summed E-state index contributed by atoms with van der Waals surface area (Å²) < 4.78 is 0. The molecule has 1 fully saturated rings. The second-order valence-corrected chi connectivity index (χ2v) is 5.81. The lowest BCUT2D eigenvalue weighted by Gasteiger charge is -2.33. The first-order valence-electron chi connectivity index (χ1n) is 7.96. The first-order chi connectivity index (χ1) is 10.2. The SMILES string of the molecule is CCN(CC(=O)NCc1ccc(C)cc1)C1CCNCC1. The summed E-state index contributed by atoms with van der Waals surface area (Å²) in [7, 11) is 0. The molecule has 116 valence electrons. The molecule has 0 aliphatic carbocycles. The fourth-order valence-electron chi connectivity index (χ4n) is 2.82. The van der Waals surface area contributed by atoms with Crippen molar-refractivity contribution in [3.05, 3.63) is 35.4 Å². The molecule has 0 radical (unpaired) electrons. The van der Waals surface area contributed by atoms with Crippen molar-refractivity contribution >= 4 is 5.91 Å². The molecule has 0 aromatic heterocycles. The van der Waals surface area contributed by atoms with Crippen molar-refractivity contribution in [3.63, 3.8) is 0 Å².